The molecule has 0 aliphatic carbocycles. The maximum Gasteiger partial charge on any atom is 0.269 e. The van der Waals surface area contributed by atoms with Crippen LogP contribution in [0.3, 0.4) is 0 Å². The molecule has 6 nitrogen and oxygen atoms in total. The topological polar surface area (TPSA) is 83.6 Å². The van der Waals surface area contributed by atoms with Crippen LogP contribution < -0.4 is 10.9 Å². The third kappa shape index (κ3) is 3.88. The van der Waals surface area contributed by atoms with E-state index in [0.717, 1.165) is 5.56 Å². The van der Waals surface area contributed by atoms with Crippen molar-refractivity contribution in [2.75, 3.05) is 11.6 Å². The summed E-state index contributed by atoms with van der Waals surface area (Å²) < 4.78 is 1.51. The molecule has 0 unspecified atom stereocenters. The van der Waals surface area contributed by atoms with Crippen LogP contribution in [0.2, 0.25) is 5.02 Å². The van der Waals surface area contributed by atoms with Crippen LogP contribution in [0.4, 0.5) is 5.95 Å². The number of thioether (sulfide) groups is 1. The average molecular weight is 448 g/mol. The first-order valence-corrected chi connectivity index (χ1v) is 11.1. The Bertz CT molecular complexity index is 1380. The number of pyridine rings is 1. The zero-order valence-corrected chi connectivity index (χ0v) is 18.5. The summed E-state index contributed by atoms with van der Waals surface area (Å²) in [5.41, 5.74) is 2.43. The molecule has 0 saturated carbocycles. The SMILES string of the molecule is CSc1nc(C)c2c(=O)n(-c3ccccc3)c(NCc3ccccc3Cl)nc2c1C#N. The van der Waals surface area contributed by atoms with Gasteiger partial charge in [0.15, 0.2) is 0 Å². The van der Waals surface area contributed by atoms with E-state index >= 15 is 0 Å². The molecule has 2 aromatic heterocycles. The number of para-hydroxylation sites is 1. The van der Waals surface area contributed by atoms with Gasteiger partial charge >= 0.3 is 0 Å². The van der Waals surface area contributed by atoms with E-state index in [4.69, 9.17) is 16.6 Å². The molecule has 2 heterocycles. The monoisotopic (exact) mass is 447 g/mol. The second-order valence-electron chi connectivity index (χ2n) is 6.77. The number of nitriles is 1. The molecule has 0 radical (unpaired) electrons. The predicted molar refractivity (Wildman–Crippen MR) is 125 cm³/mol. The van der Waals surface area contributed by atoms with Gasteiger partial charge in [0.1, 0.15) is 22.2 Å². The maximum atomic E-state index is 13.6. The molecule has 0 amide bonds. The molecule has 2 aromatic carbocycles. The highest BCUT2D eigenvalue weighted by atomic mass is 35.5. The summed E-state index contributed by atoms with van der Waals surface area (Å²) in [5, 5.41) is 14.5. The summed E-state index contributed by atoms with van der Waals surface area (Å²) in [6.07, 6.45) is 1.84. The van der Waals surface area contributed by atoms with Gasteiger partial charge in [-0.3, -0.25) is 4.79 Å². The summed E-state index contributed by atoms with van der Waals surface area (Å²) >= 11 is 7.65. The van der Waals surface area contributed by atoms with Crippen LogP contribution in [-0.4, -0.2) is 20.8 Å². The van der Waals surface area contributed by atoms with Gasteiger partial charge in [0, 0.05) is 11.6 Å². The lowest BCUT2D eigenvalue weighted by atomic mass is 10.1. The molecule has 0 aliphatic rings. The first-order chi connectivity index (χ1) is 15.0. The number of anilines is 1. The van der Waals surface area contributed by atoms with Gasteiger partial charge in [-0.25, -0.2) is 14.5 Å². The van der Waals surface area contributed by atoms with E-state index in [9.17, 15) is 10.1 Å². The van der Waals surface area contributed by atoms with Crippen molar-refractivity contribution < 1.29 is 0 Å². The van der Waals surface area contributed by atoms with Crippen LogP contribution in [0.15, 0.2) is 64.4 Å². The molecule has 154 valence electrons. The van der Waals surface area contributed by atoms with E-state index in [0.29, 0.717) is 50.4 Å². The minimum atomic E-state index is -0.285. The molecular weight excluding hydrogens is 430 g/mol. The highest BCUT2D eigenvalue weighted by molar-refractivity contribution is 7.98. The normalized spacial score (nSPS) is 10.8. The van der Waals surface area contributed by atoms with Crippen molar-refractivity contribution in [3.8, 4) is 11.8 Å². The number of aryl methyl sites for hydroxylation is 1. The molecule has 8 heteroatoms. The number of halogens is 1. The number of hydrogen-bond donors (Lipinski definition) is 1. The summed E-state index contributed by atoms with van der Waals surface area (Å²) in [5.74, 6) is 0.331. The van der Waals surface area contributed by atoms with Crippen LogP contribution in [0.1, 0.15) is 16.8 Å². The first-order valence-electron chi connectivity index (χ1n) is 9.49. The molecule has 0 spiro atoms. The molecule has 31 heavy (non-hydrogen) atoms. The second kappa shape index (κ2) is 8.80. The minimum Gasteiger partial charge on any atom is -0.351 e. The molecule has 4 rings (SSSR count). The van der Waals surface area contributed by atoms with Gasteiger partial charge in [-0.05, 0) is 36.9 Å². The second-order valence-corrected chi connectivity index (χ2v) is 7.98. The van der Waals surface area contributed by atoms with Gasteiger partial charge in [0.2, 0.25) is 5.95 Å². The first kappa shape index (κ1) is 20.9. The summed E-state index contributed by atoms with van der Waals surface area (Å²) in [4.78, 5) is 22.8. The Kier molecular flexibility index (Phi) is 5.94. The van der Waals surface area contributed by atoms with E-state index in [1.807, 2.05) is 60.9 Å². The zero-order chi connectivity index (χ0) is 22.0. The highest BCUT2D eigenvalue weighted by Crippen LogP contribution is 2.27. The van der Waals surface area contributed by atoms with Crippen LogP contribution >= 0.6 is 23.4 Å². The van der Waals surface area contributed by atoms with E-state index < -0.39 is 0 Å². The lowest BCUT2D eigenvalue weighted by molar-refractivity contribution is 0.928. The van der Waals surface area contributed by atoms with Gasteiger partial charge in [-0.1, -0.05) is 48.0 Å². The fraction of sp³-hybridized carbons (Fsp3) is 0.130. The van der Waals surface area contributed by atoms with Gasteiger partial charge in [-0.2, -0.15) is 5.26 Å². The lowest BCUT2D eigenvalue weighted by Crippen LogP contribution is -2.25. The molecule has 0 aliphatic heterocycles. The minimum absolute atomic E-state index is 0.285. The number of nitrogens with one attached hydrogen (secondary N) is 1. The van der Waals surface area contributed by atoms with E-state index in [1.54, 1.807) is 6.92 Å². The van der Waals surface area contributed by atoms with Crippen molar-refractivity contribution in [2.24, 2.45) is 0 Å². The van der Waals surface area contributed by atoms with E-state index in [-0.39, 0.29) is 5.56 Å². The summed E-state index contributed by atoms with van der Waals surface area (Å²) in [7, 11) is 0. The van der Waals surface area contributed by atoms with Crippen molar-refractivity contribution in [3.05, 3.63) is 86.8 Å². The van der Waals surface area contributed by atoms with Gasteiger partial charge in [0.25, 0.3) is 5.56 Å². The van der Waals surface area contributed by atoms with Crippen LogP contribution in [-0.2, 0) is 6.54 Å². The quantitative estimate of drug-likeness (QED) is 0.436. The Labute approximate surface area is 188 Å². The third-order valence-corrected chi connectivity index (χ3v) is 5.93. The maximum absolute atomic E-state index is 13.6. The van der Waals surface area contributed by atoms with Crippen molar-refractivity contribution in [1.82, 2.24) is 14.5 Å². The van der Waals surface area contributed by atoms with E-state index in [2.05, 4.69) is 16.4 Å². The number of benzene rings is 2. The number of rotatable bonds is 5. The molecule has 0 fully saturated rings. The number of aromatic nitrogens is 3. The Morgan fingerprint density at radius 3 is 2.52 bits per heavy atom. The number of hydrogen-bond acceptors (Lipinski definition) is 6. The van der Waals surface area contributed by atoms with Crippen molar-refractivity contribution >= 4 is 40.2 Å². The Balaban J connectivity index is 1.99. The summed E-state index contributed by atoms with van der Waals surface area (Å²) in [6.45, 7) is 2.13. The summed E-state index contributed by atoms with van der Waals surface area (Å²) in [6, 6.07) is 18.9. The van der Waals surface area contributed by atoms with Gasteiger partial charge in [-0.15, -0.1) is 11.8 Å². The Morgan fingerprint density at radius 1 is 1.13 bits per heavy atom. The molecule has 0 saturated heterocycles. The van der Waals surface area contributed by atoms with Crippen LogP contribution in [0.25, 0.3) is 16.6 Å². The van der Waals surface area contributed by atoms with Crippen molar-refractivity contribution in [3.63, 3.8) is 0 Å². The Morgan fingerprint density at radius 2 is 1.84 bits per heavy atom. The van der Waals surface area contributed by atoms with Gasteiger partial charge < -0.3 is 5.32 Å². The van der Waals surface area contributed by atoms with Crippen molar-refractivity contribution in [2.45, 2.75) is 18.5 Å². The average Bonchev–Trinajstić information content (AvgIpc) is 2.78. The largest absolute Gasteiger partial charge is 0.351 e. The smallest absolute Gasteiger partial charge is 0.269 e. The number of nitrogens with zero attached hydrogens (tertiary/aromatic N) is 4. The molecule has 0 atom stereocenters. The zero-order valence-electron chi connectivity index (χ0n) is 16.9. The fourth-order valence-corrected chi connectivity index (χ4v) is 4.17. The van der Waals surface area contributed by atoms with Crippen LogP contribution in [0.5, 0.6) is 0 Å². The van der Waals surface area contributed by atoms with Gasteiger partial charge in [0.05, 0.1) is 16.8 Å². The third-order valence-electron chi connectivity index (χ3n) is 4.88. The Hall–Kier alpha value is -3.34. The highest BCUT2D eigenvalue weighted by Gasteiger charge is 2.20. The molecular formula is C23H18ClN5OS. The standard InChI is InChI=1S/C23H18ClN5OS/c1-14-19-20(17(12-25)21(27-14)31-2)28-23(26-13-15-8-6-7-11-18(15)24)29(22(19)30)16-9-4-3-5-10-16/h3-11H,13H2,1-2H3,(H,26,28). The van der Waals surface area contributed by atoms with Crippen molar-refractivity contribution in [1.29, 1.82) is 5.26 Å². The molecule has 1 N–H and O–H groups in total. The lowest BCUT2D eigenvalue weighted by Gasteiger charge is -2.17. The predicted octanol–water partition coefficient (Wildman–Crippen LogP) is 4.95. The fourth-order valence-electron chi connectivity index (χ4n) is 3.39. The van der Waals surface area contributed by atoms with E-state index in [1.165, 1.54) is 16.3 Å². The molecule has 4 aromatic rings. The number of fused-ring (bicyclic) bond motifs is 1. The molecule has 0 bridgehead atoms. The van der Waals surface area contributed by atoms with Crippen LogP contribution in [0, 0.1) is 18.3 Å².